The van der Waals surface area contributed by atoms with Gasteiger partial charge in [0, 0.05) is 16.7 Å². The molecule has 0 aliphatic carbocycles. The lowest BCUT2D eigenvalue weighted by Gasteiger charge is -2.24. The summed E-state index contributed by atoms with van der Waals surface area (Å²) in [4.78, 5) is 14.2. The Labute approximate surface area is 165 Å². The Bertz CT molecular complexity index is 772. The monoisotopic (exact) mass is 442 g/mol. The third-order valence-corrected chi connectivity index (χ3v) is 4.56. The lowest BCUT2D eigenvalue weighted by molar-refractivity contribution is -0.120. The zero-order chi connectivity index (χ0) is 20.0. The molecule has 0 aliphatic rings. The number of amides is 1. The second-order valence-corrected chi connectivity index (χ2v) is 6.87. The first-order chi connectivity index (χ1) is 12.8. The Morgan fingerprint density at radius 1 is 1.19 bits per heavy atom. The fraction of sp³-hybridized carbons (Fsp3) is 0.316. The Balaban J connectivity index is 2.03. The fourth-order valence-corrected chi connectivity index (χ4v) is 2.68. The maximum Gasteiger partial charge on any atom is 0.387 e. The molecule has 2 aromatic rings. The largest absolute Gasteiger partial charge is 0.493 e. The van der Waals surface area contributed by atoms with Gasteiger partial charge in [-0.3, -0.25) is 9.69 Å². The summed E-state index contributed by atoms with van der Waals surface area (Å²) in [6.45, 7) is -0.797. The number of halogens is 3. The van der Waals surface area contributed by atoms with Crippen LogP contribution in [0.5, 0.6) is 11.5 Å². The number of methoxy groups -OCH3 is 1. The number of carbonyl (C=O) groups is 1. The van der Waals surface area contributed by atoms with E-state index in [-0.39, 0.29) is 17.4 Å². The first-order valence-corrected chi connectivity index (χ1v) is 8.98. The topological polar surface area (TPSA) is 50.8 Å². The van der Waals surface area contributed by atoms with E-state index in [1.807, 2.05) is 17.0 Å². The van der Waals surface area contributed by atoms with Gasteiger partial charge in [-0.1, -0.05) is 22.0 Å². The summed E-state index contributed by atoms with van der Waals surface area (Å²) < 4.78 is 35.6. The van der Waals surface area contributed by atoms with E-state index < -0.39 is 12.7 Å². The fourth-order valence-electron chi connectivity index (χ4n) is 2.41. The maximum atomic E-state index is 12.6. The number of likely N-dealkylation sites (N-methyl/N-ethyl adjacent to an activating group) is 1. The first kappa shape index (κ1) is 21.1. The van der Waals surface area contributed by atoms with Crippen molar-refractivity contribution in [3.05, 3.63) is 52.5 Å². The van der Waals surface area contributed by atoms with Crippen LogP contribution in [0.25, 0.3) is 0 Å². The summed E-state index contributed by atoms with van der Waals surface area (Å²) in [6.07, 6.45) is 0. The number of carbonyl (C=O) groups excluding carboxylic acids is 1. The van der Waals surface area contributed by atoms with Gasteiger partial charge in [-0.25, -0.2) is 0 Å². The Hall–Kier alpha value is -2.19. The van der Waals surface area contributed by atoms with Gasteiger partial charge in [-0.2, -0.15) is 8.78 Å². The second kappa shape index (κ2) is 9.66. The Kier molecular flexibility index (Phi) is 7.55. The molecule has 8 heteroatoms. The van der Waals surface area contributed by atoms with E-state index in [1.54, 1.807) is 38.2 Å². The molecule has 146 valence electrons. The Morgan fingerprint density at radius 3 is 2.44 bits per heavy atom. The zero-order valence-corrected chi connectivity index (χ0v) is 16.8. The number of ether oxygens (including phenoxy) is 2. The highest BCUT2D eigenvalue weighted by molar-refractivity contribution is 9.10. The van der Waals surface area contributed by atoms with Gasteiger partial charge < -0.3 is 14.8 Å². The number of anilines is 1. The van der Waals surface area contributed by atoms with Crippen molar-refractivity contribution in [1.82, 2.24) is 4.90 Å². The van der Waals surface area contributed by atoms with Crippen molar-refractivity contribution in [2.45, 2.75) is 26.1 Å². The highest BCUT2D eigenvalue weighted by atomic mass is 79.9. The minimum Gasteiger partial charge on any atom is -0.493 e. The van der Waals surface area contributed by atoms with E-state index in [1.165, 1.54) is 13.2 Å². The standard InChI is InChI=1S/C19H21BrF2N2O3/c1-12(18(25)23-15-7-5-14(20)6-8-15)24(2)11-13-4-9-16(26-3)17(10-13)27-19(21)22/h4-10,12,19H,11H2,1-3H3,(H,23,25). The van der Waals surface area contributed by atoms with Crippen molar-refractivity contribution in [1.29, 1.82) is 0 Å². The third-order valence-electron chi connectivity index (χ3n) is 4.03. The van der Waals surface area contributed by atoms with Gasteiger partial charge in [0.2, 0.25) is 5.91 Å². The van der Waals surface area contributed by atoms with E-state index in [0.29, 0.717) is 12.2 Å². The molecule has 5 nitrogen and oxygen atoms in total. The van der Waals surface area contributed by atoms with Crippen LogP contribution in [0.2, 0.25) is 0 Å². The predicted octanol–water partition coefficient (Wildman–Crippen LogP) is 4.52. The van der Waals surface area contributed by atoms with Crippen molar-refractivity contribution >= 4 is 27.5 Å². The molecule has 1 atom stereocenters. The van der Waals surface area contributed by atoms with Gasteiger partial charge in [-0.15, -0.1) is 0 Å². The predicted molar refractivity (Wildman–Crippen MR) is 103 cm³/mol. The average molecular weight is 443 g/mol. The first-order valence-electron chi connectivity index (χ1n) is 8.18. The molecule has 1 N–H and O–H groups in total. The van der Waals surface area contributed by atoms with Crippen molar-refractivity contribution < 1.29 is 23.0 Å². The van der Waals surface area contributed by atoms with Gasteiger partial charge >= 0.3 is 6.61 Å². The van der Waals surface area contributed by atoms with E-state index in [9.17, 15) is 13.6 Å². The van der Waals surface area contributed by atoms with Crippen LogP contribution >= 0.6 is 15.9 Å². The lowest BCUT2D eigenvalue weighted by atomic mass is 10.1. The highest BCUT2D eigenvalue weighted by Crippen LogP contribution is 2.30. The van der Waals surface area contributed by atoms with E-state index in [4.69, 9.17) is 4.74 Å². The molecule has 1 unspecified atom stereocenters. The van der Waals surface area contributed by atoms with Crippen LogP contribution in [0.1, 0.15) is 12.5 Å². The molecule has 0 saturated carbocycles. The maximum absolute atomic E-state index is 12.6. The van der Waals surface area contributed by atoms with Crippen molar-refractivity contribution in [2.24, 2.45) is 0 Å². The molecule has 2 aromatic carbocycles. The van der Waals surface area contributed by atoms with E-state index in [2.05, 4.69) is 26.0 Å². The minimum absolute atomic E-state index is 0.0367. The SMILES string of the molecule is COc1ccc(CN(C)C(C)C(=O)Nc2ccc(Br)cc2)cc1OC(F)F. The molecule has 0 fully saturated rings. The van der Waals surface area contributed by atoms with Gasteiger partial charge in [0.05, 0.1) is 13.2 Å². The van der Waals surface area contributed by atoms with Crippen molar-refractivity contribution in [2.75, 3.05) is 19.5 Å². The molecule has 0 spiro atoms. The number of rotatable bonds is 8. The normalized spacial score (nSPS) is 12.1. The van der Waals surface area contributed by atoms with Crippen LogP contribution in [0.15, 0.2) is 46.9 Å². The van der Waals surface area contributed by atoms with Crippen LogP contribution in [0, 0.1) is 0 Å². The highest BCUT2D eigenvalue weighted by Gasteiger charge is 2.19. The Morgan fingerprint density at radius 2 is 1.85 bits per heavy atom. The molecule has 0 aromatic heterocycles. The minimum atomic E-state index is -2.94. The summed E-state index contributed by atoms with van der Waals surface area (Å²) >= 11 is 3.34. The van der Waals surface area contributed by atoms with Crippen molar-refractivity contribution in [3.8, 4) is 11.5 Å². The second-order valence-electron chi connectivity index (χ2n) is 5.95. The lowest BCUT2D eigenvalue weighted by Crippen LogP contribution is -2.39. The van der Waals surface area contributed by atoms with Gasteiger partial charge in [0.1, 0.15) is 0 Å². The molecule has 0 saturated heterocycles. The molecule has 0 heterocycles. The van der Waals surface area contributed by atoms with Crippen LogP contribution < -0.4 is 14.8 Å². The molecular weight excluding hydrogens is 422 g/mol. The van der Waals surface area contributed by atoms with Crippen LogP contribution in [0.4, 0.5) is 14.5 Å². The van der Waals surface area contributed by atoms with Crippen LogP contribution in [-0.4, -0.2) is 37.6 Å². The third kappa shape index (κ3) is 6.18. The van der Waals surface area contributed by atoms with Crippen LogP contribution in [-0.2, 0) is 11.3 Å². The van der Waals surface area contributed by atoms with E-state index in [0.717, 1.165) is 10.0 Å². The van der Waals surface area contributed by atoms with Gasteiger partial charge in [0.25, 0.3) is 0 Å². The number of benzene rings is 2. The smallest absolute Gasteiger partial charge is 0.387 e. The summed E-state index contributed by atoms with van der Waals surface area (Å²) in [5, 5.41) is 2.85. The molecule has 0 radical (unpaired) electrons. The number of hydrogen-bond donors (Lipinski definition) is 1. The summed E-state index contributed by atoms with van der Waals surface area (Å²) in [6, 6.07) is 11.6. The summed E-state index contributed by atoms with van der Waals surface area (Å²) in [5.74, 6) is 0.0190. The number of nitrogens with one attached hydrogen (secondary N) is 1. The molecule has 27 heavy (non-hydrogen) atoms. The molecule has 0 bridgehead atoms. The number of nitrogens with zero attached hydrogens (tertiary/aromatic N) is 1. The molecule has 0 aliphatic heterocycles. The quantitative estimate of drug-likeness (QED) is 0.652. The average Bonchev–Trinajstić information content (AvgIpc) is 2.62. The number of alkyl halides is 2. The van der Waals surface area contributed by atoms with E-state index >= 15 is 0 Å². The van der Waals surface area contributed by atoms with Crippen molar-refractivity contribution in [3.63, 3.8) is 0 Å². The summed E-state index contributed by atoms with van der Waals surface area (Å²) in [5.41, 5.74) is 1.41. The van der Waals surface area contributed by atoms with Gasteiger partial charge in [-0.05, 0) is 55.9 Å². The number of hydrogen-bond acceptors (Lipinski definition) is 4. The molecule has 1 amide bonds. The summed E-state index contributed by atoms with van der Waals surface area (Å²) in [7, 11) is 3.16. The van der Waals surface area contributed by atoms with Gasteiger partial charge in [0.15, 0.2) is 11.5 Å². The zero-order valence-electron chi connectivity index (χ0n) is 15.2. The van der Waals surface area contributed by atoms with Crippen LogP contribution in [0.3, 0.4) is 0 Å². The molecule has 2 rings (SSSR count). The molecular formula is C19H21BrF2N2O3.